The van der Waals surface area contributed by atoms with Gasteiger partial charge in [-0.3, -0.25) is 4.68 Å². The topological polar surface area (TPSA) is 74.6 Å². The summed E-state index contributed by atoms with van der Waals surface area (Å²) in [6, 6.07) is 0. The average molecular weight is 295 g/mol. The maximum Gasteiger partial charge on any atom is 0.213 e. The maximum atomic E-state index is 6.01. The Morgan fingerprint density at radius 1 is 1.40 bits per heavy atom. The van der Waals surface area contributed by atoms with E-state index in [4.69, 9.17) is 16.1 Å². The van der Waals surface area contributed by atoms with Crippen LogP contribution < -0.4 is 0 Å². The van der Waals surface area contributed by atoms with Gasteiger partial charge in [0.15, 0.2) is 11.5 Å². The number of hydrogen-bond donors (Lipinski definition) is 0. The molecular weight excluding hydrogens is 280 g/mol. The fourth-order valence-electron chi connectivity index (χ4n) is 2.36. The Balaban J connectivity index is 2.13. The molecular formula is C12H15ClN6O. The van der Waals surface area contributed by atoms with Crippen LogP contribution in [0.3, 0.4) is 0 Å². The van der Waals surface area contributed by atoms with Crippen LogP contribution in [0.1, 0.15) is 30.7 Å². The lowest BCUT2D eigenvalue weighted by Gasteiger charge is -2.04. The number of alkyl halides is 1. The van der Waals surface area contributed by atoms with Gasteiger partial charge in [0.2, 0.25) is 6.39 Å². The Bertz CT molecular complexity index is 714. The molecule has 3 rings (SSSR count). The van der Waals surface area contributed by atoms with Crippen LogP contribution in [-0.4, -0.2) is 29.5 Å². The predicted molar refractivity (Wildman–Crippen MR) is 73.5 cm³/mol. The molecule has 0 bridgehead atoms. The van der Waals surface area contributed by atoms with Crippen LogP contribution in [0.15, 0.2) is 10.9 Å². The highest BCUT2D eigenvalue weighted by atomic mass is 35.5. The van der Waals surface area contributed by atoms with Crippen LogP contribution >= 0.6 is 11.6 Å². The summed E-state index contributed by atoms with van der Waals surface area (Å²) in [4.78, 5) is 8.66. The number of hydrogen-bond acceptors (Lipinski definition) is 5. The van der Waals surface area contributed by atoms with Crippen molar-refractivity contribution in [2.45, 2.75) is 32.2 Å². The van der Waals surface area contributed by atoms with Crippen LogP contribution in [-0.2, 0) is 25.9 Å². The Morgan fingerprint density at radius 3 is 2.90 bits per heavy atom. The van der Waals surface area contributed by atoms with Crippen molar-refractivity contribution in [3.63, 3.8) is 0 Å². The minimum atomic E-state index is 0.331. The number of nitrogens with zero attached hydrogens (tertiary/aromatic N) is 6. The summed E-state index contributed by atoms with van der Waals surface area (Å²) >= 11 is 6.01. The van der Waals surface area contributed by atoms with Gasteiger partial charge in [0.25, 0.3) is 0 Å². The second-order valence-electron chi connectivity index (χ2n) is 4.59. The lowest BCUT2D eigenvalue weighted by atomic mass is 10.2. The Kier molecular flexibility index (Phi) is 3.43. The Labute approximate surface area is 120 Å². The Morgan fingerprint density at radius 2 is 2.25 bits per heavy atom. The monoisotopic (exact) mass is 294 g/mol. The molecule has 0 amide bonds. The van der Waals surface area contributed by atoms with Gasteiger partial charge in [-0.05, 0) is 6.42 Å². The van der Waals surface area contributed by atoms with Crippen molar-refractivity contribution in [1.82, 2.24) is 29.5 Å². The quantitative estimate of drug-likeness (QED) is 0.672. The fourth-order valence-corrected chi connectivity index (χ4v) is 2.57. The van der Waals surface area contributed by atoms with E-state index in [1.807, 2.05) is 16.3 Å². The van der Waals surface area contributed by atoms with Gasteiger partial charge in [-0.25, -0.2) is 4.98 Å². The number of halogens is 1. The molecule has 106 valence electrons. The highest BCUT2D eigenvalue weighted by Crippen LogP contribution is 2.22. The van der Waals surface area contributed by atoms with Gasteiger partial charge < -0.3 is 9.09 Å². The van der Waals surface area contributed by atoms with E-state index in [-0.39, 0.29) is 0 Å². The molecule has 0 N–H and O–H groups in total. The van der Waals surface area contributed by atoms with E-state index in [0.29, 0.717) is 18.2 Å². The minimum Gasteiger partial charge on any atom is -0.343 e. The summed E-state index contributed by atoms with van der Waals surface area (Å²) in [7, 11) is 1.91. The van der Waals surface area contributed by atoms with E-state index in [2.05, 4.69) is 27.1 Å². The molecule has 0 aromatic carbocycles. The van der Waals surface area contributed by atoms with Crippen molar-refractivity contribution in [2.75, 3.05) is 0 Å². The molecule has 3 aromatic heterocycles. The first kappa shape index (κ1) is 13.1. The first-order chi connectivity index (χ1) is 9.74. The largest absolute Gasteiger partial charge is 0.343 e. The van der Waals surface area contributed by atoms with Gasteiger partial charge in [0, 0.05) is 7.05 Å². The van der Waals surface area contributed by atoms with Crippen LogP contribution in [0, 0.1) is 0 Å². The molecule has 0 aliphatic rings. The lowest BCUT2D eigenvalue weighted by molar-refractivity contribution is 0.408. The standard InChI is InChI=1S/C12H15ClN6O/c1-3-4-8-11-12(18(2)16-8)19(10(5-13)15-11)6-9-14-7-20-17-9/h7H,3-6H2,1-2H3. The molecule has 0 saturated carbocycles. The molecule has 8 heteroatoms. The minimum absolute atomic E-state index is 0.331. The van der Waals surface area contributed by atoms with Gasteiger partial charge in [0.1, 0.15) is 11.3 Å². The zero-order chi connectivity index (χ0) is 14.1. The van der Waals surface area contributed by atoms with Gasteiger partial charge in [-0.15, -0.1) is 11.6 Å². The maximum absolute atomic E-state index is 6.01. The van der Waals surface area contributed by atoms with E-state index in [0.717, 1.165) is 35.5 Å². The summed E-state index contributed by atoms with van der Waals surface area (Å²) in [5.41, 5.74) is 2.85. The van der Waals surface area contributed by atoms with Crippen molar-refractivity contribution in [3.8, 4) is 0 Å². The van der Waals surface area contributed by atoms with Gasteiger partial charge >= 0.3 is 0 Å². The second-order valence-corrected chi connectivity index (χ2v) is 4.86. The van der Waals surface area contributed by atoms with Crippen molar-refractivity contribution in [3.05, 3.63) is 23.7 Å². The molecule has 0 aliphatic heterocycles. The normalized spacial score (nSPS) is 11.6. The third-order valence-corrected chi connectivity index (χ3v) is 3.42. The molecule has 0 radical (unpaired) electrons. The zero-order valence-electron chi connectivity index (χ0n) is 11.4. The molecule has 20 heavy (non-hydrogen) atoms. The van der Waals surface area contributed by atoms with E-state index >= 15 is 0 Å². The fraction of sp³-hybridized carbons (Fsp3) is 0.500. The molecule has 3 aromatic rings. The van der Waals surface area contributed by atoms with Crippen molar-refractivity contribution < 1.29 is 4.52 Å². The number of aromatic nitrogens is 6. The molecule has 0 spiro atoms. The zero-order valence-corrected chi connectivity index (χ0v) is 12.1. The van der Waals surface area contributed by atoms with Crippen molar-refractivity contribution in [2.24, 2.45) is 7.05 Å². The third kappa shape index (κ3) is 2.07. The lowest BCUT2D eigenvalue weighted by Crippen LogP contribution is -2.08. The van der Waals surface area contributed by atoms with E-state index in [9.17, 15) is 0 Å². The average Bonchev–Trinajstić information content (AvgIpc) is 3.11. The summed E-state index contributed by atoms with van der Waals surface area (Å²) in [6.45, 7) is 2.60. The van der Waals surface area contributed by atoms with Crippen LogP contribution in [0.2, 0.25) is 0 Å². The van der Waals surface area contributed by atoms with E-state index < -0.39 is 0 Å². The van der Waals surface area contributed by atoms with E-state index in [1.165, 1.54) is 6.39 Å². The van der Waals surface area contributed by atoms with Crippen LogP contribution in [0.25, 0.3) is 11.2 Å². The number of imidazole rings is 1. The predicted octanol–water partition coefficient (Wildman–Crippen LogP) is 1.89. The second kappa shape index (κ2) is 5.24. The van der Waals surface area contributed by atoms with Crippen molar-refractivity contribution >= 4 is 22.8 Å². The summed E-state index contributed by atoms with van der Waals surface area (Å²) in [5.74, 6) is 1.71. The van der Waals surface area contributed by atoms with Gasteiger partial charge in [-0.1, -0.05) is 18.5 Å². The highest BCUT2D eigenvalue weighted by molar-refractivity contribution is 6.16. The molecule has 0 aliphatic carbocycles. The number of rotatable bonds is 5. The SMILES string of the molecule is CCCc1nn(C)c2c1nc(CCl)n2Cc1ncon1. The summed E-state index contributed by atoms with van der Waals surface area (Å²) in [5, 5.41) is 8.37. The van der Waals surface area contributed by atoms with Gasteiger partial charge in [0.05, 0.1) is 18.1 Å². The molecule has 7 nitrogen and oxygen atoms in total. The van der Waals surface area contributed by atoms with Gasteiger partial charge in [-0.2, -0.15) is 10.1 Å². The first-order valence-electron chi connectivity index (χ1n) is 6.46. The third-order valence-electron chi connectivity index (χ3n) is 3.18. The number of aryl methyl sites for hydroxylation is 2. The smallest absolute Gasteiger partial charge is 0.213 e. The molecule has 3 heterocycles. The molecule has 0 saturated heterocycles. The summed E-state index contributed by atoms with van der Waals surface area (Å²) in [6.07, 6.45) is 3.24. The van der Waals surface area contributed by atoms with E-state index in [1.54, 1.807) is 0 Å². The van der Waals surface area contributed by atoms with Crippen LogP contribution in [0.4, 0.5) is 0 Å². The molecule has 0 unspecified atom stereocenters. The van der Waals surface area contributed by atoms with Crippen LogP contribution in [0.5, 0.6) is 0 Å². The number of fused-ring (bicyclic) bond motifs is 1. The molecule has 0 fully saturated rings. The summed E-state index contributed by atoms with van der Waals surface area (Å²) < 4.78 is 8.59. The first-order valence-corrected chi connectivity index (χ1v) is 7.00. The van der Waals surface area contributed by atoms with Crippen molar-refractivity contribution in [1.29, 1.82) is 0 Å². The Hall–Kier alpha value is -1.89. The molecule has 0 atom stereocenters. The highest BCUT2D eigenvalue weighted by Gasteiger charge is 2.19.